The predicted molar refractivity (Wildman–Crippen MR) is 82.7 cm³/mol. The van der Waals surface area contributed by atoms with Crippen LogP contribution >= 0.6 is 11.8 Å². The van der Waals surface area contributed by atoms with Gasteiger partial charge in [0, 0.05) is 17.3 Å². The lowest BCUT2D eigenvalue weighted by atomic mass is 10.2. The van der Waals surface area contributed by atoms with E-state index in [-0.39, 0.29) is 17.6 Å². The molecule has 0 radical (unpaired) electrons. The molecule has 1 heterocycles. The van der Waals surface area contributed by atoms with E-state index in [9.17, 15) is 9.59 Å². The van der Waals surface area contributed by atoms with Gasteiger partial charge in [-0.05, 0) is 31.0 Å². The number of nitrogens with zero attached hydrogens (tertiary/aromatic N) is 2. The lowest BCUT2D eigenvalue weighted by Crippen LogP contribution is -2.25. The van der Waals surface area contributed by atoms with E-state index >= 15 is 0 Å². The van der Waals surface area contributed by atoms with Crippen molar-refractivity contribution in [3.8, 4) is 0 Å². The topological polar surface area (TPSA) is 99.8 Å². The van der Waals surface area contributed by atoms with Gasteiger partial charge in [-0.2, -0.15) is 5.10 Å². The Labute approximate surface area is 131 Å². The fraction of sp³-hybridized carbons (Fsp3) is 0.286. The summed E-state index contributed by atoms with van der Waals surface area (Å²) < 4.78 is 0. The molecule has 7 nitrogen and oxygen atoms in total. The standard InChI is InChI=1S/C14H15N5O2S/c20-12(7-22-14-15-8-16-19-14)17-11-3-1-2-9(6-11)13(21)18-10-4-5-10/h1-3,6,8,10H,4-5,7H2,(H,17,20)(H,18,21)(H,15,16,19). The monoisotopic (exact) mass is 317 g/mol. The number of carbonyl (C=O) groups excluding carboxylic acids is 2. The minimum Gasteiger partial charge on any atom is -0.349 e. The maximum absolute atomic E-state index is 12.0. The third kappa shape index (κ3) is 4.08. The average molecular weight is 317 g/mol. The number of hydrogen-bond acceptors (Lipinski definition) is 5. The van der Waals surface area contributed by atoms with Gasteiger partial charge in [0.1, 0.15) is 6.33 Å². The maximum atomic E-state index is 12.0. The highest BCUT2D eigenvalue weighted by molar-refractivity contribution is 7.99. The third-order valence-corrected chi connectivity index (χ3v) is 3.93. The van der Waals surface area contributed by atoms with Crippen LogP contribution in [0.25, 0.3) is 0 Å². The van der Waals surface area contributed by atoms with Crippen LogP contribution in [0.1, 0.15) is 23.2 Å². The minimum absolute atomic E-state index is 0.102. The molecule has 0 spiro atoms. The van der Waals surface area contributed by atoms with E-state index in [0.29, 0.717) is 22.4 Å². The molecule has 1 saturated carbocycles. The van der Waals surface area contributed by atoms with E-state index in [0.717, 1.165) is 12.8 Å². The van der Waals surface area contributed by atoms with Gasteiger partial charge in [0.25, 0.3) is 5.91 Å². The number of carbonyl (C=O) groups is 2. The molecule has 114 valence electrons. The van der Waals surface area contributed by atoms with Crippen molar-refractivity contribution in [3.63, 3.8) is 0 Å². The smallest absolute Gasteiger partial charge is 0.251 e. The van der Waals surface area contributed by atoms with Crippen molar-refractivity contribution in [2.24, 2.45) is 0 Å². The second kappa shape index (κ2) is 6.61. The Kier molecular flexibility index (Phi) is 4.38. The molecule has 1 fully saturated rings. The van der Waals surface area contributed by atoms with E-state index < -0.39 is 0 Å². The van der Waals surface area contributed by atoms with Gasteiger partial charge in [0.15, 0.2) is 5.16 Å². The molecule has 1 aromatic heterocycles. The van der Waals surface area contributed by atoms with Gasteiger partial charge in [-0.25, -0.2) is 4.98 Å². The molecule has 0 aliphatic heterocycles. The summed E-state index contributed by atoms with van der Waals surface area (Å²) in [4.78, 5) is 27.8. The number of thioether (sulfide) groups is 1. The third-order valence-electron chi connectivity index (χ3n) is 3.05. The van der Waals surface area contributed by atoms with Crippen molar-refractivity contribution in [3.05, 3.63) is 36.2 Å². The number of rotatable bonds is 6. The van der Waals surface area contributed by atoms with Crippen LogP contribution in [0.2, 0.25) is 0 Å². The van der Waals surface area contributed by atoms with Crippen LogP contribution in [0.15, 0.2) is 35.7 Å². The molecule has 3 rings (SSSR count). The van der Waals surface area contributed by atoms with E-state index in [4.69, 9.17) is 0 Å². The molecule has 8 heteroatoms. The van der Waals surface area contributed by atoms with Crippen molar-refractivity contribution >= 4 is 29.3 Å². The first-order valence-electron chi connectivity index (χ1n) is 6.89. The predicted octanol–water partition coefficient (Wildman–Crippen LogP) is 1.43. The van der Waals surface area contributed by atoms with Gasteiger partial charge in [0.2, 0.25) is 5.91 Å². The van der Waals surface area contributed by atoms with Crippen molar-refractivity contribution in [1.29, 1.82) is 0 Å². The number of nitrogens with one attached hydrogen (secondary N) is 3. The summed E-state index contributed by atoms with van der Waals surface area (Å²) in [5.74, 6) is -0.0518. The Morgan fingerprint density at radius 1 is 1.36 bits per heavy atom. The minimum atomic E-state index is -0.166. The van der Waals surface area contributed by atoms with Gasteiger partial charge in [-0.15, -0.1) is 0 Å². The first-order chi connectivity index (χ1) is 10.7. The summed E-state index contributed by atoms with van der Waals surface area (Å²) in [6.07, 6.45) is 3.48. The Balaban J connectivity index is 1.54. The fourth-order valence-electron chi connectivity index (χ4n) is 1.83. The van der Waals surface area contributed by atoms with Crippen LogP contribution in [-0.4, -0.2) is 38.8 Å². The number of amides is 2. The molecule has 0 atom stereocenters. The zero-order valence-electron chi connectivity index (χ0n) is 11.7. The molecule has 0 unspecified atom stereocenters. The van der Waals surface area contributed by atoms with Crippen molar-refractivity contribution in [2.75, 3.05) is 11.1 Å². The number of aromatic amines is 1. The van der Waals surface area contributed by atoms with Gasteiger partial charge in [-0.1, -0.05) is 17.8 Å². The molecule has 1 aromatic carbocycles. The van der Waals surface area contributed by atoms with Crippen LogP contribution in [0, 0.1) is 0 Å². The van der Waals surface area contributed by atoms with Crippen LogP contribution in [-0.2, 0) is 4.79 Å². The highest BCUT2D eigenvalue weighted by atomic mass is 32.2. The second-order valence-corrected chi connectivity index (χ2v) is 5.92. The largest absolute Gasteiger partial charge is 0.349 e. The molecule has 1 aliphatic rings. The zero-order chi connectivity index (χ0) is 15.4. The molecular weight excluding hydrogens is 302 g/mol. The number of H-pyrrole nitrogens is 1. The molecule has 22 heavy (non-hydrogen) atoms. The van der Waals surface area contributed by atoms with Crippen LogP contribution in [0.5, 0.6) is 0 Å². The van der Waals surface area contributed by atoms with Crippen LogP contribution < -0.4 is 10.6 Å². The fourth-order valence-corrected chi connectivity index (χ4v) is 2.41. The van der Waals surface area contributed by atoms with Crippen molar-refractivity contribution in [1.82, 2.24) is 20.5 Å². The summed E-state index contributed by atoms with van der Waals surface area (Å²) in [6, 6.07) is 7.22. The number of benzene rings is 1. The van der Waals surface area contributed by atoms with Crippen LogP contribution in [0.3, 0.4) is 0 Å². The van der Waals surface area contributed by atoms with E-state index in [1.165, 1.54) is 18.1 Å². The number of hydrogen-bond donors (Lipinski definition) is 3. The molecule has 0 bridgehead atoms. The molecule has 0 saturated heterocycles. The first kappa shape index (κ1) is 14.6. The summed E-state index contributed by atoms with van der Waals surface area (Å²) in [7, 11) is 0. The van der Waals surface area contributed by atoms with E-state index in [1.54, 1.807) is 24.3 Å². The van der Waals surface area contributed by atoms with Gasteiger partial charge in [-0.3, -0.25) is 14.7 Å². The normalized spacial score (nSPS) is 13.6. The summed E-state index contributed by atoms with van der Waals surface area (Å²) in [5.41, 5.74) is 1.15. The van der Waals surface area contributed by atoms with Gasteiger partial charge >= 0.3 is 0 Å². The van der Waals surface area contributed by atoms with Crippen LogP contribution in [0.4, 0.5) is 5.69 Å². The summed E-state index contributed by atoms with van der Waals surface area (Å²) >= 11 is 1.26. The van der Waals surface area contributed by atoms with Gasteiger partial charge in [0.05, 0.1) is 5.75 Å². The first-order valence-corrected chi connectivity index (χ1v) is 7.88. The Morgan fingerprint density at radius 3 is 2.95 bits per heavy atom. The lowest BCUT2D eigenvalue weighted by Gasteiger charge is -2.07. The Hall–Kier alpha value is -2.35. The highest BCUT2D eigenvalue weighted by Gasteiger charge is 2.23. The Bertz CT molecular complexity index is 670. The zero-order valence-corrected chi connectivity index (χ0v) is 12.5. The molecular formula is C14H15N5O2S. The summed E-state index contributed by atoms with van der Waals surface area (Å²) in [6.45, 7) is 0. The Morgan fingerprint density at radius 2 is 2.23 bits per heavy atom. The average Bonchev–Trinajstić information content (AvgIpc) is 3.17. The van der Waals surface area contributed by atoms with Crippen molar-refractivity contribution in [2.45, 2.75) is 24.0 Å². The van der Waals surface area contributed by atoms with Gasteiger partial charge < -0.3 is 10.6 Å². The molecule has 1 aliphatic carbocycles. The highest BCUT2D eigenvalue weighted by Crippen LogP contribution is 2.20. The maximum Gasteiger partial charge on any atom is 0.251 e. The number of anilines is 1. The van der Waals surface area contributed by atoms with Crippen molar-refractivity contribution < 1.29 is 9.59 Å². The lowest BCUT2D eigenvalue weighted by molar-refractivity contribution is -0.113. The quantitative estimate of drug-likeness (QED) is 0.700. The molecule has 2 aromatic rings. The molecule has 3 N–H and O–H groups in total. The summed E-state index contributed by atoms with van der Waals surface area (Å²) in [5, 5.41) is 12.7. The number of aromatic nitrogens is 3. The van der Waals surface area contributed by atoms with E-state index in [2.05, 4.69) is 25.8 Å². The molecule has 2 amide bonds. The second-order valence-electron chi connectivity index (χ2n) is 4.96. The van der Waals surface area contributed by atoms with E-state index in [1.807, 2.05) is 0 Å². The SMILES string of the molecule is O=C(CSc1ncn[nH]1)Nc1cccc(C(=O)NC2CC2)c1.